The summed E-state index contributed by atoms with van der Waals surface area (Å²) in [4.78, 5) is 0. The van der Waals surface area contributed by atoms with Gasteiger partial charge >= 0.3 is 7.12 Å². The molecule has 0 amide bonds. The van der Waals surface area contributed by atoms with Gasteiger partial charge in [0.1, 0.15) is 0 Å². The van der Waals surface area contributed by atoms with Crippen molar-refractivity contribution in [3.8, 4) is 0 Å². The molecule has 0 radical (unpaired) electrons. The largest absolute Gasteiger partial charge is 0.498 e. The SMILES string of the molecule is CC(C)c1nn(C)cc1B1OC(C)(C)C(C)(C)O1. The lowest BCUT2D eigenvalue weighted by Gasteiger charge is -2.32. The summed E-state index contributed by atoms with van der Waals surface area (Å²) in [6.45, 7) is 12.5. The highest BCUT2D eigenvalue weighted by molar-refractivity contribution is 6.62. The molecule has 0 atom stereocenters. The molecule has 0 N–H and O–H groups in total. The predicted octanol–water partition coefficient (Wildman–Crippen LogP) is 1.84. The van der Waals surface area contributed by atoms with Gasteiger partial charge in [-0.2, -0.15) is 5.10 Å². The number of hydrogen-bond donors (Lipinski definition) is 0. The second kappa shape index (κ2) is 4.10. The topological polar surface area (TPSA) is 36.3 Å². The average Bonchev–Trinajstić information content (AvgIpc) is 2.66. The van der Waals surface area contributed by atoms with Crippen LogP contribution >= 0.6 is 0 Å². The van der Waals surface area contributed by atoms with Crippen molar-refractivity contribution in [1.29, 1.82) is 0 Å². The minimum atomic E-state index is -0.318. The zero-order valence-electron chi connectivity index (χ0n) is 12.4. The van der Waals surface area contributed by atoms with Crippen LogP contribution in [-0.4, -0.2) is 28.1 Å². The summed E-state index contributed by atoms with van der Waals surface area (Å²) in [6.07, 6.45) is 2.00. The summed E-state index contributed by atoms with van der Waals surface area (Å²) in [5, 5.41) is 4.51. The molecule has 1 saturated heterocycles. The maximum Gasteiger partial charge on any atom is 0.498 e. The summed E-state index contributed by atoms with van der Waals surface area (Å²) >= 11 is 0. The Hall–Kier alpha value is -0.805. The van der Waals surface area contributed by atoms with Crippen molar-refractivity contribution in [3.05, 3.63) is 11.9 Å². The number of hydrogen-bond acceptors (Lipinski definition) is 3. The van der Waals surface area contributed by atoms with Gasteiger partial charge in [0, 0.05) is 18.7 Å². The number of aromatic nitrogens is 2. The van der Waals surface area contributed by atoms with Gasteiger partial charge in [0.15, 0.2) is 0 Å². The quantitative estimate of drug-likeness (QED) is 0.751. The standard InChI is InChI=1S/C13H23BN2O2/c1-9(2)11-10(8-16(7)15-11)14-17-12(3,4)13(5,6)18-14/h8-9H,1-7H3. The second-order valence-electron chi connectivity index (χ2n) is 6.39. The molecule has 100 valence electrons. The zero-order chi connectivity index (χ0) is 13.7. The average molecular weight is 250 g/mol. The number of nitrogens with zero attached hydrogens (tertiary/aromatic N) is 2. The van der Waals surface area contributed by atoms with Gasteiger partial charge in [-0.15, -0.1) is 0 Å². The van der Waals surface area contributed by atoms with Crippen LogP contribution in [-0.2, 0) is 16.4 Å². The lowest BCUT2D eigenvalue weighted by molar-refractivity contribution is 0.00578. The molecule has 1 fully saturated rings. The smallest absolute Gasteiger partial charge is 0.399 e. The van der Waals surface area contributed by atoms with Crippen molar-refractivity contribution >= 4 is 12.6 Å². The number of rotatable bonds is 2. The molecule has 0 aliphatic carbocycles. The third-order valence-corrected chi connectivity index (χ3v) is 3.94. The molecule has 0 spiro atoms. The first-order valence-corrected chi connectivity index (χ1v) is 6.53. The molecule has 5 heteroatoms. The predicted molar refractivity (Wildman–Crippen MR) is 73.0 cm³/mol. The molecule has 0 aromatic carbocycles. The molecule has 1 aromatic rings. The maximum atomic E-state index is 6.08. The first kappa shape index (κ1) is 13.6. The van der Waals surface area contributed by atoms with Crippen molar-refractivity contribution in [3.63, 3.8) is 0 Å². The third kappa shape index (κ3) is 2.10. The molecule has 4 nitrogen and oxygen atoms in total. The Morgan fingerprint density at radius 2 is 1.67 bits per heavy atom. The van der Waals surface area contributed by atoms with Crippen LogP contribution in [0.1, 0.15) is 53.2 Å². The van der Waals surface area contributed by atoms with Crippen molar-refractivity contribution < 1.29 is 9.31 Å². The van der Waals surface area contributed by atoms with E-state index < -0.39 is 0 Å². The van der Waals surface area contributed by atoms with E-state index in [1.54, 1.807) is 0 Å². The molecule has 0 bridgehead atoms. The maximum absolute atomic E-state index is 6.08. The van der Waals surface area contributed by atoms with E-state index >= 15 is 0 Å². The molecular weight excluding hydrogens is 227 g/mol. The van der Waals surface area contributed by atoms with Crippen molar-refractivity contribution in [1.82, 2.24) is 9.78 Å². The highest BCUT2D eigenvalue weighted by Crippen LogP contribution is 2.36. The molecule has 0 unspecified atom stereocenters. The summed E-state index contributed by atoms with van der Waals surface area (Å²) in [5.41, 5.74) is 1.49. The van der Waals surface area contributed by atoms with Gasteiger partial charge in [-0.3, -0.25) is 4.68 Å². The first-order valence-electron chi connectivity index (χ1n) is 6.53. The summed E-state index contributed by atoms with van der Waals surface area (Å²) in [6, 6.07) is 0. The van der Waals surface area contributed by atoms with E-state index in [2.05, 4.69) is 46.6 Å². The van der Waals surface area contributed by atoms with Crippen LogP contribution < -0.4 is 5.46 Å². The zero-order valence-corrected chi connectivity index (χ0v) is 12.4. The lowest BCUT2D eigenvalue weighted by atomic mass is 9.77. The van der Waals surface area contributed by atoms with Crippen LogP contribution in [0.5, 0.6) is 0 Å². The highest BCUT2D eigenvalue weighted by Gasteiger charge is 2.52. The fourth-order valence-corrected chi connectivity index (χ4v) is 2.12. The third-order valence-electron chi connectivity index (χ3n) is 3.94. The van der Waals surface area contributed by atoms with Crippen LogP contribution in [0.15, 0.2) is 6.20 Å². The molecule has 18 heavy (non-hydrogen) atoms. The van der Waals surface area contributed by atoms with E-state index in [1.165, 1.54) is 0 Å². The van der Waals surface area contributed by atoms with E-state index in [-0.39, 0.29) is 18.3 Å². The Bertz CT molecular complexity index is 436. The van der Waals surface area contributed by atoms with Crippen molar-refractivity contribution in [2.24, 2.45) is 7.05 Å². The highest BCUT2D eigenvalue weighted by atomic mass is 16.7. The van der Waals surface area contributed by atoms with E-state index in [4.69, 9.17) is 9.31 Å². The van der Waals surface area contributed by atoms with Crippen molar-refractivity contribution in [2.45, 2.75) is 58.7 Å². The normalized spacial score (nSPS) is 21.9. The molecule has 2 rings (SSSR count). The summed E-state index contributed by atoms with van der Waals surface area (Å²) in [5.74, 6) is 0.361. The first-order chi connectivity index (χ1) is 8.14. The fourth-order valence-electron chi connectivity index (χ4n) is 2.12. The Morgan fingerprint density at radius 1 is 1.17 bits per heavy atom. The van der Waals surface area contributed by atoms with Gasteiger partial charge in [0.05, 0.1) is 16.9 Å². The molecule has 1 aromatic heterocycles. The van der Waals surface area contributed by atoms with Gasteiger partial charge in [0.25, 0.3) is 0 Å². The summed E-state index contributed by atoms with van der Waals surface area (Å²) < 4.78 is 14.0. The van der Waals surface area contributed by atoms with Crippen LogP contribution in [0.3, 0.4) is 0 Å². The minimum Gasteiger partial charge on any atom is -0.399 e. The van der Waals surface area contributed by atoms with Gasteiger partial charge in [0.2, 0.25) is 0 Å². The molecule has 1 aliphatic rings. The lowest BCUT2D eigenvalue weighted by Crippen LogP contribution is -2.41. The van der Waals surface area contributed by atoms with Gasteiger partial charge < -0.3 is 9.31 Å². The van der Waals surface area contributed by atoms with E-state index in [9.17, 15) is 0 Å². The number of aryl methyl sites for hydroxylation is 1. The van der Waals surface area contributed by atoms with E-state index in [0.29, 0.717) is 5.92 Å². The van der Waals surface area contributed by atoms with Gasteiger partial charge in [-0.05, 0) is 33.6 Å². The Balaban J connectivity index is 2.35. The van der Waals surface area contributed by atoms with Crippen LogP contribution in [0, 0.1) is 0 Å². The monoisotopic (exact) mass is 250 g/mol. The minimum absolute atomic E-state index is 0.304. The molecule has 0 saturated carbocycles. The van der Waals surface area contributed by atoms with Crippen LogP contribution in [0.2, 0.25) is 0 Å². The second-order valence-corrected chi connectivity index (χ2v) is 6.39. The van der Waals surface area contributed by atoms with Crippen LogP contribution in [0.4, 0.5) is 0 Å². The summed E-state index contributed by atoms with van der Waals surface area (Å²) in [7, 11) is 1.61. The Kier molecular flexibility index (Phi) is 3.10. The van der Waals surface area contributed by atoms with Gasteiger partial charge in [-0.1, -0.05) is 13.8 Å². The molecule has 1 aliphatic heterocycles. The molecular formula is C13H23BN2O2. The van der Waals surface area contributed by atoms with E-state index in [0.717, 1.165) is 11.2 Å². The molecule has 2 heterocycles. The van der Waals surface area contributed by atoms with Gasteiger partial charge in [-0.25, -0.2) is 0 Å². The Morgan fingerprint density at radius 3 is 2.11 bits per heavy atom. The van der Waals surface area contributed by atoms with Crippen LogP contribution in [0.25, 0.3) is 0 Å². The fraction of sp³-hybridized carbons (Fsp3) is 0.769. The Labute approximate surface area is 110 Å². The van der Waals surface area contributed by atoms with E-state index in [1.807, 2.05) is 17.9 Å². The van der Waals surface area contributed by atoms with Crippen molar-refractivity contribution in [2.75, 3.05) is 0 Å².